The number of methoxy groups -OCH3 is 2. The number of hydrogen-bond acceptors (Lipinski definition) is 6. The second-order valence-corrected chi connectivity index (χ2v) is 10.2. The lowest BCUT2D eigenvalue weighted by molar-refractivity contribution is 0.0692. The van der Waals surface area contributed by atoms with Gasteiger partial charge in [0.25, 0.3) is 10.0 Å². The normalized spacial score (nSPS) is 18.9. The van der Waals surface area contributed by atoms with Gasteiger partial charge in [0.1, 0.15) is 16.2 Å². The second-order valence-electron chi connectivity index (χ2n) is 8.43. The van der Waals surface area contributed by atoms with E-state index < -0.39 is 22.0 Å². The smallest absolute Gasteiger partial charge is 0.339 e. The number of hydrazone groups is 1. The Kier molecular flexibility index (Phi) is 5.72. The molecule has 2 unspecified atom stereocenters. The van der Waals surface area contributed by atoms with E-state index in [1.165, 1.54) is 25.3 Å². The maximum atomic E-state index is 14.1. The van der Waals surface area contributed by atoms with Crippen LogP contribution in [0.4, 0.5) is 0 Å². The second kappa shape index (κ2) is 8.74. The van der Waals surface area contributed by atoms with Crippen LogP contribution in [0.5, 0.6) is 11.5 Å². The maximum absolute atomic E-state index is 14.1. The molecule has 0 spiro atoms. The zero-order chi connectivity index (χ0) is 24.7. The van der Waals surface area contributed by atoms with E-state index in [-0.39, 0.29) is 22.1 Å². The molecule has 0 fully saturated rings. The standard InChI is InChI=1S/C26H24N2O6S/c1-33-18-13-10-17(11-14-18)24-20-15-12-16-6-3-4-7-19(16)23(20)27-28(24)35(31,32)22-9-5-8-21(26(29)30)25(22)34-2/h3-11,13-14,20,24H,12,15H2,1-2H3,(H,29,30). The van der Waals surface area contributed by atoms with Gasteiger partial charge in [-0.15, -0.1) is 0 Å². The van der Waals surface area contributed by atoms with Crippen molar-refractivity contribution in [3.63, 3.8) is 0 Å². The number of aryl methyl sites for hydroxylation is 1. The molecule has 1 aliphatic carbocycles. The first-order valence-corrected chi connectivity index (χ1v) is 12.6. The van der Waals surface area contributed by atoms with Crippen LogP contribution in [0, 0.1) is 5.92 Å². The summed E-state index contributed by atoms with van der Waals surface area (Å²) in [6.45, 7) is 0. The molecule has 0 radical (unpaired) electrons. The molecule has 2 aliphatic rings. The summed E-state index contributed by atoms with van der Waals surface area (Å²) >= 11 is 0. The van der Waals surface area contributed by atoms with Crippen molar-refractivity contribution in [1.82, 2.24) is 4.41 Å². The van der Waals surface area contributed by atoms with Gasteiger partial charge < -0.3 is 14.6 Å². The summed E-state index contributed by atoms with van der Waals surface area (Å²) in [7, 11) is -1.46. The van der Waals surface area contributed by atoms with Crippen molar-refractivity contribution in [3.05, 3.63) is 89.0 Å². The van der Waals surface area contributed by atoms with Crippen molar-refractivity contribution in [2.45, 2.75) is 23.8 Å². The van der Waals surface area contributed by atoms with Crippen LogP contribution in [-0.4, -0.2) is 43.8 Å². The van der Waals surface area contributed by atoms with Crippen LogP contribution in [-0.2, 0) is 16.4 Å². The van der Waals surface area contributed by atoms with Crippen molar-refractivity contribution in [3.8, 4) is 11.5 Å². The highest BCUT2D eigenvalue weighted by atomic mass is 32.2. The summed E-state index contributed by atoms with van der Waals surface area (Å²) in [4.78, 5) is 11.5. The minimum Gasteiger partial charge on any atom is -0.497 e. The molecule has 8 nitrogen and oxygen atoms in total. The lowest BCUT2D eigenvalue weighted by Gasteiger charge is -2.30. The highest BCUT2D eigenvalue weighted by Crippen LogP contribution is 2.47. The minimum absolute atomic E-state index is 0.165. The summed E-state index contributed by atoms with van der Waals surface area (Å²) in [6.07, 6.45) is 1.53. The number of fused-ring (bicyclic) bond motifs is 3. The molecule has 2 atom stereocenters. The number of carboxylic acid groups (broad SMARTS) is 1. The highest BCUT2D eigenvalue weighted by molar-refractivity contribution is 7.89. The summed E-state index contributed by atoms with van der Waals surface area (Å²) in [5, 5.41) is 14.3. The molecule has 0 aromatic heterocycles. The number of sulfonamides is 1. The SMILES string of the molecule is COc1ccc(C2C3CCc4ccccc4C3=NN2S(=O)(=O)c2cccc(C(=O)O)c2OC)cc1. The third kappa shape index (κ3) is 3.72. The van der Waals surface area contributed by atoms with Gasteiger partial charge in [0.2, 0.25) is 0 Å². The quantitative estimate of drug-likeness (QED) is 0.555. The average Bonchev–Trinajstić information content (AvgIpc) is 3.29. The van der Waals surface area contributed by atoms with E-state index in [0.29, 0.717) is 11.5 Å². The van der Waals surface area contributed by atoms with Crippen molar-refractivity contribution in [2.24, 2.45) is 11.0 Å². The van der Waals surface area contributed by atoms with Crippen LogP contribution in [0.15, 0.2) is 76.7 Å². The van der Waals surface area contributed by atoms with Gasteiger partial charge in [-0.2, -0.15) is 17.9 Å². The first kappa shape index (κ1) is 22.9. The van der Waals surface area contributed by atoms with E-state index >= 15 is 0 Å². The number of carboxylic acids is 1. The molecular formula is C26H24N2O6S. The first-order valence-electron chi connectivity index (χ1n) is 11.1. The van der Waals surface area contributed by atoms with Crippen LogP contribution in [0.1, 0.15) is 39.5 Å². The summed E-state index contributed by atoms with van der Waals surface area (Å²) < 4.78 is 39.8. The Labute approximate surface area is 203 Å². The lowest BCUT2D eigenvalue weighted by Crippen LogP contribution is -2.32. The number of ether oxygens (including phenoxy) is 2. The molecule has 5 rings (SSSR count). The molecule has 0 saturated carbocycles. The van der Waals surface area contributed by atoms with Gasteiger partial charge in [-0.3, -0.25) is 0 Å². The molecule has 0 amide bonds. The van der Waals surface area contributed by atoms with Gasteiger partial charge in [-0.1, -0.05) is 42.5 Å². The third-order valence-electron chi connectivity index (χ3n) is 6.59. The van der Waals surface area contributed by atoms with Crippen molar-refractivity contribution < 1.29 is 27.8 Å². The Bertz CT molecular complexity index is 1430. The van der Waals surface area contributed by atoms with Crippen molar-refractivity contribution in [2.75, 3.05) is 14.2 Å². The number of hydrogen-bond donors (Lipinski definition) is 1. The van der Waals surface area contributed by atoms with Crippen molar-refractivity contribution in [1.29, 1.82) is 0 Å². The van der Waals surface area contributed by atoms with Gasteiger partial charge in [-0.05, 0) is 48.2 Å². The number of aromatic carboxylic acids is 1. The zero-order valence-corrected chi connectivity index (χ0v) is 20.0. The van der Waals surface area contributed by atoms with E-state index in [4.69, 9.17) is 9.47 Å². The molecule has 1 heterocycles. The molecule has 0 bridgehead atoms. The number of rotatable bonds is 6. The van der Waals surface area contributed by atoms with Crippen LogP contribution in [0.2, 0.25) is 0 Å². The average molecular weight is 493 g/mol. The molecule has 0 saturated heterocycles. The number of para-hydroxylation sites is 1. The van der Waals surface area contributed by atoms with Crippen LogP contribution in [0.25, 0.3) is 0 Å². The summed E-state index contributed by atoms with van der Waals surface area (Å²) in [5.41, 5.74) is 3.31. The summed E-state index contributed by atoms with van der Waals surface area (Å²) in [6, 6.07) is 18.6. The topological polar surface area (TPSA) is 106 Å². The molecule has 35 heavy (non-hydrogen) atoms. The number of carbonyl (C=O) groups is 1. The van der Waals surface area contributed by atoms with Crippen LogP contribution < -0.4 is 9.47 Å². The predicted molar refractivity (Wildman–Crippen MR) is 130 cm³/mol. The molecule has 3 aromatic rings. The van der Waals surface area contributed by atoms with E-state index in [2.05, 4.69) is 5.10 Å². The largest absolute Gasteiger partial charge is 0.497 e. The molecular weight excluding hydrogens is 468 g/mol. The lowest BCUT2D eigenvalue weighted by atomic mass is 9.77. The van der Waals surface area contributed by atoms with Gasteiger partial charge in [0, 0.05) is 11.5 Å². The fourth-order valence-electron chi connectivity index (χ4n) is 4.96. The van der Waals surface area contributed by atoms with E-state index in [1.807, 2.05) is 36.4 Å². The Balaban J connectivity index is 1.70. The van der Waals surface area contributed by atoms with E-state index in [0.717, 1.165) is 33.9 Å². The third-order valence-corrected chi connectivity index (χ3v) is 8.27. The van der Waals surface area contributed by atoms with Gasteiger partial charge in [-0.25, -0.2) is 4.79 Å². The highest BCUT2D eigenvalue weighted by Gasteiger charge is 2.47. The van der Waals surface area contributed by atoms with Crippen LogP contribution in [0.3, 0.4) is 0 Å². The Morgan fingerprint density at radius 1 is 1.00 bits per heavy atom. The molecule has 180 valence electrons. The minimum atomic E-state index is -4.29. The van der Waals surface area contributed by atoms with E-state index in [9.17, 15) is 18.3 Å². The van der Waals surface area contributed by atoms with Crippen molar-refractivity contribution >= 4 is 21.7 Å². The number of benzene rings is 3. The number of nitrogens with zero attached hydrogens (tertiary/aromatic N) is 2. The molecule has 1 N–H and O–H groups in total. The molecule has 9 heteroatoms. The zero-order valence-electron chi connectivity index (χ0n) is 19.2. The molecule has 1 aliphatic heterocycles. The van der Waals surface area contributed by atoms with Gasteiger partial charge in [0.15, 0.2) is 5.75 Å². The fourth-order valence-corrected chi connectivity index (χ4v) is 6.60. The van der Waals surface area contributed by atoms with Gasteiger partial charge in [0.05, 0.1) is 26.0 Å². The molecule has 3 aromatic carbocycles. The van der Waals surface area contributed by atoms with Gasteiger partial charge >= 0.3 is 5.97 Å². The Hall–Kier alpha value is -3.85. The Morgan fingerprint density at radius 2 is 1.74 bits per heavy atom. The Morgan fingerprint density at radius 3 is 2.43 bits per heavy atom. The monoisotopic (exact) mass is 492 g/mol. The maximum Gasteiger partial charge on any atom is 0.339 e. The predicted octanol–water partition coefficient (Wildman–Crippen LogP) is 4.11. The fraction of sp³-hybridized carbons (Fsp3) is 0.231. The first-order chi connectivity index (χ1) is 16.9. The van der Waals surface area contributed by atoms with Crippen LogP contribution >= 0.6 is 0 Å². The summed E-state index contributed by atoms with van der Waals surface area (Å²) in [5.74, 6) is -1.00. The van der Waals surface area contributed by atoms with E-state index in [1.54, 1.807) is 19.2 Å².